The van der Waals surface area contributed by atoms with Crippen molar-refractivity contribution < 1.29 is 13.9 Å². The number of benzene rings is 2. The van der Waals surface area contributed by atoms with Crippen molar-refractivity contribution in [2.75, 3.05) is 13.1 Å². The van der Waals surface area contributed by atoms with Crippen LogP contribution in [0.15, 0.2) is 64.2 Å². The van der Waals surface area contributed by atoms with Crippen molar-refractivity contribution >= 4 is 17.7 Å². The summed E-state index contributed by atoms with van der Waals surface area (Å²) in [6.07, 6.45) is 0.955. The minimum absolute atomic E-state index is 0.0165. The summed E-state index contributed by atoms with van der Waals surface area (Å²) in [6.45, 7) is 6.82. The Labute approximate surface area is 192 Å². The molecule has 0 radical (unpaired) electrons. The van der Waals surface area contributed by atoms with Crippen LogP contribution in [0, 0.1) is 6.92 Å². The van der Waals surface area contributed by atoms with E-state index >= 15 is 0 Å². The first-order chi connectivity index (χ1) is 15.5. The molecule has 1 aromatic heterocycles. The average molecular weight is 453 g/mol. The molecule has 2 aromatic carbocycles. The number of likely N-dealkylation sites (tertiary alicyclic amines) is 1. The number of nitrogens with zero attached hydrogens (tertiary/aromatic N) is 3. The lowest BCUT2D eigenvalue weighted by atomic mass is 10.2. The monoisotopic (exact) mass is 452 g/mol. The molecule has 32 heavy (non-hydrogen) atoms. The second-order valence-corrected chi connectivity index (χ2v) is 9.33. The molecule has 1 aliphatic heterocycles. The molecule has 168 valence electrons. The first kappa shape index (κ1) is 22.4. The molecular formula is C24H28N4O3S. The van der Waals surface area contributed by atoms with Gasteiger partial charge in [-0.1, -0.05) is 59.8 Å². The van der Waals surface area contributed by atoms with Gasteiger partial charge in [0, 0.05) is 25.7 Å². The lowest BCUT2D eigenvalue weighted by Gasteiger charge is -2.18. The number of carbonyl (C=O) groups excluding carboxylic acids is 1. The van der Waals surface area contributed by atoms with Gasteiger partial charge in [0.05, 0.1) is 5.25 Å². The summed E-state index contributed by atoms with van der Waals surface area (Å²) in [4.78, 5) is 15.0. The molecule has 2 heterocycles. The first-order valence-electron chi connectivity index (χ1n) is 10.8. The Morgan fingerprint density at radius 1 is 1.22 bits per heavy atom. The SMILES string of the molecule is Cc1ccc(OCc2nnc(S[C@H](C)C(=O)N[C@@H]3CCN(Cc4ccccc4)C3)o2)cc1. The topological polar surface area (TPSA) is 80.5 Å². The highest BCUT2D eigenvalue weighted by atomic mass is 32.2. The number of aromatic nitrogens is 2. The Bertz CT molecular complexity index is 1010. The van der Waals surface area contributed by atoms with Crippen molar-refractivity contribution in [2.24, 2.45) is 0 Å². The van der Waals surface area contributed by atoms with E-state index in [4.69, 9.17) is 9.15 Å². The number of rotatable bonds is 9. The summed E-state index contributed by atoms with van der Waals surface area (Å²) in [5, 5.41) is 11.2. The van der Waals surface area contributed by atoms with Gasteiger partial charge in [-0.3, -0.25) is 9.69 Å². The van der Waals surface area contributed by atoms with Crippen LogP contribution in [-0.2, 0) is 17.9 Å². The van der Waals surface area contributed by atoms with E-state index in [1.54, 1.807) is 0 Å². The van der Waals surface area contributed by atoms with Crippen molar-refractivity contribution in [1.29, 1.82) is 0 Å². The summed E-state index contributed by atoms with van der Waals surface area (Å²) < 4.78 is 11.3. The average Bonchev–Trinajstić information content (AvgIpc) is 3.43. The normalized spacial score (nSPS) is 17.2. The van der Waals surface area contributed by atoms with Crippen LogP contribution in [0.4, 0.5) is 0 Å². The highest BCUT2D eigenvalue weighted by molar-refractivity contribution is 8.00. The Balaban J connectivity index is 1.20. The lowest BCUT2D eigenvalue weighted by Crippen LogP contribution is -2.40. The molecule has 0 aliphatic carbocycles. The number of thioether (sulfide) groups is 1. The van der Waals surface area contributed by atoms with Gasteiger partial charge >= 0.3 is 0 Å². The van der Waals surface area contributed by atoms with Crippen molar-refractivity contribution in [3.8, 4) is 5.75 Å². The fraction of sp³-hybridized carbons (Fsp3) is 0.375. The Morgan fingerprint density at radius 2 is 2.00 bits per heavy atom. The molecule has 8 heteroatoms. The van der Waals surface area contributed by atoms with Crippen LogP contribution < -0.4 is 10.1 Å². The maximum Gasteiger partial charge on any atom is 0.277 e. The van der Waals surface area contributed by atoms with Crippen molar-refractivity contribution in [1.82, 2.24) is 20.4 Å². The molecule has 0 unspecified atom stereocenters. The molecule has 0 saturated carbocycles. The molecule has 1 N–H and O–H groups in total. The predicted molar refractivity (Wildman–Crippen MR) is 123 cm³/mol. The highest BCUT2D eigenvalue weighted by Gasteiger charge is 2.26. The molecule has 2 atom stereocenters. The van der Waals surface area contributed by atoms with E-state index in [1.165, 1.54) is 22.9 Å². The molecule has 7 nitrogen and oxygen atoms in total. The van der Waals surface area contributed by atoms with Crippen LogP contribution in [-0.4, -0.2) is 45.4 Å². The molecule has 1 amide bonds. The maximum absolute atomic E-state index is 12.6. The molecule has 0 bridgehead atoms. The quantitative estimate of drug-likeness (QED) is 0.494. The smallest absolute Gasteiger partial charge is 0.277 e. The predicted octanol–water partition coefficient (Wildman–Crippen LogP) is 3.83. The lowest BCUT2D eigenvalue weighted by molar-refractivity contribution is -0.120. The van der Waals surface area contributed by atoms with Gasteiger partial charge in [-0.2, -0.15) is 0 Å². The number of nitrogens with one attached hydrogen (secondary N) is 1. The van der Waals surface area contributed by atoms with E-state index < -0.39 is 0 Å². The third-order valence-electron chi connectivity index (χ3n) is 5.35. The first-order valence-corrected chi connectivity index (χ1v) is 11.7. The summed E-state index contributed by atoms with van der Waals surface area (Å²) >= 11 is 1.26. The van der Waals surface area contributed by atoms with Crippen molar-refractivity contribution in [2.45, 2.75) is 49.9 Å². The standard InChI is InChI=1S/C24H28N4O3S/c1-17-8-10-21(11-9-17)30-16-22-26-27-24(31-22)32-18(2)23(29)25-20-12-13-28(15-20)14-19-6-4-3-5-7-19/h3-11,18,20H,12-16H2,1-2H3,(H,25,29)/t18-,20-/m1/s1. The maximum atomic E-state index is 12.6. The van der Waals surface area contributed by atoms with Crippen molar-refractivity contribution in [3.05, 3.63) is 71.6 Å². The summed E-state index contributed by atoms with van der Waals surface area (Å²) in [6, 6.07) is 18.3. The summed E-state index contributed by atoms with van der Waals surface area (Å²) in [5.41, 5.74) is 2.46. The molecule has 0 spiro atoms. The van der Waals surface area contributed by atoms with Gasteiger partial charge in [0.2, 0.25) is 5.91 Å². The Kier molecular flexibility index (Phi) is 7.44. The minimum atomic E-state index is -0.329. The zero-order valence-electron chi connectivity index (χ0n) is 18.4. The third kappa shape index (κ3) is 6.34. The van der Waals surface area contributed by atoms with Crippen LogP contribution >= 0.6 is 11.8 Å². The van der Waals surface area contributed by atoms with Crippen LogP contribution in [0.2, 0.25) is 0 Å². The second kappa shape index (κ2) is 10.7. The van der Waals surface area contributed by atoms with Crippen LogP contribution in [0.1, 0.15) is 30.4 Å². The van der Waals surface area contributed by atoms with E-state index in [1.807, 2.05) is 44.2 Å². The van der Waals surface area contributed by atoms with Gasteiger partial charge in [0.25, 0.3) is 11.1 Å². The fourth-order valence-electron chi connectivity index (χ4n) is 3.58. The van der Waals surface area contributed by atoms with E-state index in [0.717, 1.165) is 31.8 Å². The van der Waals surface area contributed by atoms with E-state index in [-0.39, 0.29) is 23.8 Å². The molecule has 3 aromatic rings. The number of carbonyl (C=O) groups is 1. The van der Waals surface area contributed by atoms with Gasteiger partial charge in [-0.05, 0) is 38.0 Å². The minimum Gasteiger partial charge on any atom is -0.484 e. The van der Waals surface area contributed by atoms with E-state index in [0.29, 0.717) is 11.1 Å². The fourth-order valence-corrected chi connectivity index (χ4v) is 4.29. The molecule has 4 rings (SSSR count). The Morgan fingerprint density at radius 3 is 2.78 bits per heavy atom. The van der Waals surface area contributed by atoms with Crippen LogP contribution in [0.3, 0.4) is 0 Å². The van der Waals surface area contributed by atoms with E-state index in [9.17, 15) is 4.79 Å². The summed E-state index contributed by atoms with van der Waals surface area (Å²) in [5.74, 6) is 1.11. The number of hydrogen-bond acceptors (Lipinski definition) is 7. The van der Waals surface area contributed by atoms with Gasteiger partial charge in [0.1, 0.15) is 5.75 Å². The number of amides is 1. The zero-order valence-corrected chi connectivity index (χ0v) is 19.2. The molecule has 1 fully saturated rings. The number of ether oxygens (including phenoxy) is 1. The Hall–Kier alpha value is -2.84. The zero-order chi connectivity index (χ0) is 22.3. The second-order valence-electron chi connectivity index (χ2n) is 8.04. The highest BCUT2D eigenvalue weighted by Crippen LogP contribution is 2.23. The summed E-state index contributed by atoms with van der Waals surface area (Å²) in [7, 11) is 0. The largest absolute Gasteiger partial charge is 0.484 e. The molecular weight excluding hydrogens is 424 g/mol. The number of aryl methyl sites for hydroxylation is 1. The van der Waals surface area contributed by atoms with Crippen LogP contribution in [0.25, 0.3) is 0 Å². The molecule has 1 saturated heterocycles. The van der Waals surface area contributed by atoms with Gasteiger partial charge in [0.15, 0.2) is 6.61 Å². The van der Waals surface area contributed by atoms with Gasteiger partial charge in [-0.15, -0.1) is 10.2 Å². The van der Waals surface area contributed by atoms with Crippen molar-refractivity contribution in [3.63, 3.8) is 0 Å². The number of hydrogen-bond donors (Lipinski definition) is 1. The molecule has 1 aliphatic rings. The third-order valence-corrected chi connectivity index (χ3v) is 6.28. The van der Waals surface area contributed by atoms with Gasteiger partial charge < -0.3 is 14.5 Å². The van der Waals surface area contributed by atoms with Gasteiger partial charge in [-0.25, -0.2) is 0 Å². The van der Waals surface area contributed by atoms with E-state index in [2.05, 4.69) is 44.7 Å². The van der Waals surface area contributed by atoms with Crippen LogP contribution in [0.5, 0.6) is 5.75 Å².